The molecule has 1 atom stereocenters. The number of aryl methyl sites for hydroxylation is 1. The van der Waals surface area contributed by atoms with E-state index in [0.29, 0.717) is 49.1 Å². The molecular formula is C19H26N6O4. The molecular weight excluding hydrogens is 376 g/mol. The Kier molecular flexibility index (Phi) is 6.20. The number of urea groups is 1. The van der Waals surface area contributed by atoms with Gasteiger partial charge in [0, 0.05) is 38.8 Å². The van der Waals surface area contributed by atoms with Gasteiger partial charge in [-0.1, -0.05) is 0 Å². The van der Waals surface area contributed by atoms with Crippen molar-refractivity contribution in [1.82, 2.24) is 29.9 Å². The number of benzene rings is 1. The Morgan fingerprint density at radius 1 is 1.07 bits per heavy atom. The molecule has 10 heteroatoms. The molecule has 3 rings (SSSR count). The number of carbonyl (C=O) groups excluding carboxylic acids is 2. The number of methoxy groups -OCH3 is 2. The number of rotatable bonds is 5. The van der Waals surface area contributed by atoms with E-state index in [-0.39, 0.29) is 18.0 Å². The molecule has 0 aliphatic carbocycles. The molecule has 1 unspecified atom stereocenters. The van der Waals surface area contributed by atoms with E-state index in [0.717, 1.165) is 0 Å². The zero-order valence-electron chi connectivity index (χ0n) is 17.1. The maximum Gasteiger partial charge on any atom is 0.318 e. The Labute approximate surface area is 169 Å². The molecule has 1 aliphatic rings. The van der Waals surface area contributed by atoms with Crippen molar-refractivity contribution in [3.63, 3.8) is 0 Å². The van der Waals surface area contributed by atoms with Crippen LogP contribution in [0.4, 0.5) is 4.79 Å². The molecule has 0 radical (unpaired) electrons. The van der Waals surface area contributed by atoms with Crippen LogP contribution in [0.2, 0.25) is 0 Å². The second-order valence-electron chi connectivity index (χ2n) is 6.76. The van der Waals surface area contributed by atoms with Gasteiger partial charge in [0.25, 0.3) is 5.91 Å². The fourth-order valence-electron chi connectivity index (χ4n) is 3.30. The summed E-state index contributed by atoms with van der Waals surface area (Å²) in [5, 5.41) is 6.94. The summed E-state index contributed by atoms with van der Waals surface area (Å²) >= 11 is 0. The molecule has 29 heavy (non-hydrogen) atoms. The fourth-order valence-corrected chi connectivity index (χ4v) is 3.30. The van der Waals surface area contributed by atoms with Gasteiger partial charge in [-0.2, -0.15) is 5.10 Å². The highest BCUT2D eigenvalue weighted by atomic mass is 16.5. The Morgan fingerprint density at radius 2 is 1.72 bits per heavy atom. The van der Waals surface area contributed by atoms with Gasteiger partial charge in [-0.05, 0) is 25.1 Å². The van der Waals surface area contributed by atoms with Crippen LogP contribution in [0.1, 0.15) is 29.1 Å². The third-order valence-corrected chi connectivity index (χ3v) is 4.96. The first kappa shape index (κ1) is 20.4. The van der Waals surface area contributed by atoms with Crippen molar-refractivity contribution in [2.24, 2.45) is 7.05 Å². The Morgan fingerprint density at radius 3 is 2.31 bits per heavy atom. The molecule has 156 valence electrons. The topological polar surface area (TPSA) is 102 Å². The monoisotopic (exact) mass is 402 g/mol. The van der Waals surface area contributed by atoms with E-state index < -0.39 is 0 Å². The summed E-state index contributed by atoms with van der Waals surface area (Å²) in [6, 6.07) is 4.65. The lowest BCUT2D eigenvalue weighted by Crippen LogP contribution is -2.53. The number of ether oxygens (including phenoxy) is 2. The highest BCUT2D eigenvalue weighted by molar-refractivity contribution is 5.95. The van der Waals surface area contributed by atoms with Crippen LogP contribution in [0.5, 0.6) is 11.5 Å². The predicted octanol–water partition coefficient (Wildman–Crippen LogP) is 1.06. The molecule has 1 N–H and O–H groups in total. The number of piperazine rings is 1. The second-order valence-corrected chi connectivity index (χ2v) is 6.76. The Bertz CT molecular complexity index is 875. The van der Waals surface area contributed by atoms with Crippen molar-refractivity contribution in [2.75, 3.05) is 40.4 Å². The SMILES string of the molecule is COc1ccc(C(=O)N2CCN(C(=O)NC(C)c3ncnn3C)CC2)cc1OC. The minimum Gasteiger partial charge on any atom is -0.493 e. The van der Waals surface area contributed by atoms with Crippen molar-refractivity contribution in [3.05, 3.63) is 35.9 Å². The van der Waals surface area contributed by atoms with E-state index in [1.54, 1.807) is 46.8 Å². The Hall–Kier alpha value is -3.30. The molecule has 0 spiro atoms. The molecule has 1 aromatic carbocycles. The molecule has 0 bridgehead atoms. The van der Waals surface area contributed by atoms with Crippen molar-refractivity contribution < 1.29 is 19.1 Å². The van der Waals surface area contributed by atoms with Gasteiger partial charge in [-0.25, -0.2) is 9.78 Å². The lowest BCUT2D eigenvalue weighted by molar-refractivity contribution is 0.0663. The van der Waals surface area contributed by atoms with E-state index in [1.807, 2.05) is 6.92 Å². The Balaban J connectivity index is 1.56. The average Bonchev–Trinajstić information content (AvgIpc) is 3.18. The van der Waals surface area contributed by atoms with Gasteiger partial charge in [0.1, 0.15) is 12.2 Å². The number of nitrogens with zero attached hydrogens (tertiary/aromatic N) is 5. The minimum absolute atomic E-state index is 0.0986. The first-order chi connectivity index (χ1) is 13.9. The summed E-state index contributed by atoms with van der Waals surface area (Å²) < 4.78 is 12.1. The van der Waals surface area contributed by atoms with Crippen molar-refractivity contribution in [1.29, 1.82) is 0 Å². The van der Waals surface area contributed by atoms with Gasteiger partial charge in [0.2, 0.25) is 0 Å². The third-order valence-electron chi connectivity index (χ3n) is 4.96. The normalized spacial score (nSPS) is 15.0. The maximum absolute atomic E-state index is 12.8. The van der Waals surface area contributed by atoms with E-state index in [2.05, 4.69) is 15.4 Å². The third kappa shape index (κ3) is 4.41. The minimum atomic E-state index is -0.263. The summed E-state index contributed by atoms with van der Waals surface area (Å²) in [6.07, 6.45) is 1.45. The molecule has 1 saturated heterocycles. The predicted molar refractivity (Wildman–Crippen MR) is 105 cm³/mol. The van der Waals surface area contributed by atoms with Crippen LogP contribution in [0.3, 0.4) is 0 Å². The first-order valence-corrected chi connectivity index (χ1v) is 9.35. The van der Waals surface area contributed by atoms with Crippen LogP contribution in [-0.2, 0) is 7.05 Å². The number of hydrogen-bond donors (Lipinski definition) is 1. The van der Waals surface area contributed by atoms with Crippen LogP contribution in [0.15, 0.2) is 24.5 Å². The first-order valence-electron chi connectivity index (χ1n) is 9.35. The number of hydrogen-bond acceptors (Lipinski definition) is 6. The van der Waals surface area contributed by atoms with Crippen molar-refractivity contribution in [3.8, 4) is 11.5 Å². The fraction of sp³-hybridized carbons (Fsp3) is 0.474. The summed E-state index contributed by atoms with van der Waals surface area (Å²) in [5.74, 6) is 1.66. The second kappa shape index (κ2) is 8.80. The molecule has 2 aromatic rings. The summed E-state index contributed by atoms with van der Waals surface area (Å²) in [6.45, 7) is 3.68. The number of nitrogens with one attached hydrogen (secondary N) is 1. The molecule has 10 nitrogen and oxygen atoms in total. The summed E-state index contributed by atoms with van der Waals surface area (Å²) in [5.41, 5.74) is 0.524. The van der Waals surface area contributed by atoms with E-state index in [9.17, 15) is 9.59 Å². The molecule has 0 saturated carbocycles. The molecule has 1 aromatic heterocycles. The largest absolute Gasteiger partial charge is 0.493 e. The van der Waals surface area contributed by atoms with Gasteiger partial charge in [0.05, 0.1) is 20.3 Å². The maximum atomic E-state index is 12.8. The summed E-state index contributed by atoms with van der Waals surface area (Å²) in [7, 11) is 4.86. The molecule has 1 aliphatic heterocycles. The number of aromatic nitrogens is 3. The van der Waals surface area contributed by atoms with Gasteiger partial charge in [0.15, 0.2) is 11.5 Å². The molecule has 1 fully saturated rings. The smallest absolute Gasteiger partial charge is 0.318 e. The van der Waals surface area contributed by atoms with Crippen molar-refractivity contribution >= 4 is 11.9 Å². The van der Waals surface area contributed by atoms with Crippen LogP contribution in [0, 0.1) is 0 Å². The lowest BCUT2D eigenvalue weighted by atomic mass is 10.1. The average molecular weight is 402 g/mol. The lowest BCUT2D eigenvalue weighted by Gasteiger charge is -2.35. The molecule has 3 amide bonds. The summed E-state index contributed by atoms with van der Waals surface area (Å²) in [4.78, 5) is 32.9. The van der Waals surface area contributed by atoms with Gasteiger partial charge in [-0.3, -0.25) is 9.48 Å². The number of carbonyl (C=O) groups is 2. The quantitative estimate of drug-likeness (QED) is 0.803. The zero-order chi connectivity index (χ0) is 21.0. The van der Waals surface area contributed by atoms with Crippen molar-refractivity contribution in [2.45, 2.75) is 13.0 Å². The van der Waals surface area contributed by atoms with Crippen LogP contribution in [-0.4, -0.2) is 76.9 Å². The van der Waals surface area contributed by atoms with Crippen LogP contribution < -0.4 is 14.8 Å². The van der Waals surface area contributed by atoms with E-state index >= 15 is 0 Å². The highest BCUT2D eigenvalue weighted by Gasteiger charge is 2.26. The standard InChI is InChI=1S/C19H26N6O4/c1-13(17-20-12-21-23(17)2)22-19(27)25-9-7-24(8-10-25)18(26)14-5-6-15(28-3)16(11-14)29-4/h5-6,11-13H,7-10H2,1-4H3,(H,22,27). The number of amides is 3. The van der Waals surface area contributed by atoms with Crippen LogP contribution >= 0.6 is 0 Å². The molecule has 2 heterocycles. The van der Waals surface area contributed by atoms with Crippen LogP contribution in [0.25, 0.3) is 0 Å². The zero-order valence-corrected chi connectivity index (χ0v) is 17.1. The highest BCUT2D eigenvalue weighted by Crippen LogP contribution is 2.28. The van der Waals surface area contributed by atoms with Gasteiger partial charge >= 0.3 is 6.03 Å². The van der Waals surface area contributed by atoms with Gasteiger partial charge < -0.3 is 24.6 Å². The van der Waals surface area contributed by atoms with E-state index in [4.69, 9.17) is 9.47 Å². The van der Waals surface area contributed by atoms with E-state index in [1.165, 1.54) is 13.4 Å². The van der Waals surface area contributed by atoms with Gasteiger partial charge in [-0.15, -0.1) is 0 Å².